The zero-order chi connectivity index (χ0) is 18.1. The molecule has 3 amide bonds. The molecule has 25 heavy (non-hydrogen) atoms. The van der Waals surface area contributed by atoms with Crippen LogP contribution < -0.4 is 20.7 Å². The van der Waals surface area contributed by atoms with Gasteiger partial charge >= 0.3 is 6.03 Å². The molecule has 2 aromatic rings. The first-order valence-electron chi connectivity index (χ1n) is 8.06. The number of urea groups is 1. The number of ether oxygens (including phenoxy) is 1. The first-order chi connectivity index (χ1) is 12.0. The summed E-state index contributed by atoms with van der Waals surface area (Å²) >= 11 is 0. The van der Waals surface area contributed by atoms with Crippen molar-refractivity contribution >= 4 is 11.9 Å². The van der Waals surface area contributed by atoms with E-state index in [1.54, 1.807) is 12.1 Å². The van der Waals surface area contributed by atoms with E-state index in [1.165, 1.54) is 6.26 Å². The van der Waals surface area contributed by atoms with Crippen LogP contribution in [0.25, 0.3) is 0 Å². The molecule has 1 aromatic heterocycles. The summed E-state index contributed by atoms with van der Waals surface area (Å²) in [5, 5.41) is 7.84. The lowest BCUT2D eigenvalue weighted by molar-refractivity contribution is -0.120. The van der Waals surface area contributed by atoms with Gasteiger partial charge in [0.05, 0.1) is 25.4 Å². The van der Waals surface area contributed by atoms with Crippen LogP contribution in [-0.4, -0.2) is 31.1 Å². The Balaban J connectivity index is 1.60. The summed E-state index contributed by atoms with van der Waals surface area (Å²) in [6, 6.07) is 10.6. The zero-order valence-corrected chi connectivity index (χ0v) is 14.4. The molecule has 0 aliphatic heterocycles. The summed E-state index contributed by atoms with van der Waals surface area (Å²) in [5.41, 5.74) is 1.16. The molecule has 2 rings (SSSR count). The van der Waals surface area contributed by atoms with E-state index in [2.05, 4.69) is 16.0 Å². The molecule has 3 N–H and O–H groups in total. The highest BCUT2D eigenvalue weighted by Gasteiger charge is 2.10. The van der Waals surface area contributed by atoms with Crippen LogP contribution in [0, 0.1) is 6.92 Å². The number of hydrogen-bond acceptors (Lipinski definition) is 4. The van der Waals surface area contributed by atoms with Gasteiger partial charge < -0.3 is 25.1 Å². The fraction of sp³-hybridized carbons (Fsp3) is 0.333. The number of rotatable bonds is 8. The highest BCUT2D eigenvalue weighted by atomic mass is 16.5. The topological polar surface area (TPSA) is 92.6 Å². The maximum absolute atomic E-state index is 11.8. The van der Waals surface area contributed by atoms with Gasteiger partial charge in [0.1, 0.15) is 18.1 Å². The van der Waals surface area contributed by atoms with Gasteiger partial charge in [0.2, 0.25) is 5.91 Å². The van der Waals surface area contributed by atoms with Crippen LogP contribution in [0.15, 0.2) is 47.1 Å². The van der Waals surface area contributed by atoms with Crippen LogP contribution in [0.5, 0.6) is 5.75 Å². The van der Waals surface area contributed by atoms with E-state index < -0.39 is 6.03 Å². The van der Waals surface area contributed by atoms with Gasteiger partial charge in [-0.2, -0.15) is 0 Å². The summed E-state index contributed by atoms with van der Waals surface area (Å²) in [4.78, 5) is 23.4. The van der Waals surface area contributed by atoms with Crippen LogP contribution in [0.2, 0.25) is 0 Å². The van der Waals surface area contributed by atoms with Crippen LogP contribution in [0.4, 0.5) is 4.79 Å². The molecular weight excluding hydrogens is 322 g/mol. The first-order valence-corrected chi connectivity index (χ1v) is 8.06. The normalized spacial score (nSPS) is 11.4. The number of hydrogen-bond donors (Lipinski definition) is 3. The average Bonchev–Trinajstić information content (AvgIpc) is 3.11. The summed E-state index contributed by atoms with van der Waals surface area (Å²) in [6.45, 7) is 4.34. The van der Waals surface area contributed by atoms with Crippen molar-refractivity contribution in [1.29, 1.82) is 0 Å². The third kappa shape index (κ3) is 6.99. The van der Waals surface area contributed by atoms with Gasteiger partial charge in [0.25, 0.3) is 0 Å². The highest BCUT2D eigenvalue weighted by molar-refractivity contribution is 5.83. The van der Waals surface area contributed by atoms with Gasteiger partial charge in [-0.05, 0) is 38.1 Å². The van der Waals surface area contributed by atoms with E-state index in [1.807, 2.05) is 38.1 Å². The molecule has 0 saturated carbocycles. The first kappa shape index (κ1) is 18.4. The van der Waals surface area contributed by atoms with Crippen molar-refractivity contribution in [3.63, 3.8) is 0 Å². The number of carbonyl (C=O) groups excluding carboxylic acids is 2. The maximum Gasteiger partial charge on any atom is 0.315 e. The van der Waals surface area contributed by atoms with Gasteiger partial charge in [-0.3, -0.25) is 4.79 Å². The van der Waals surface area contributed by atoms with E-state index in [4.69, 9.17) is 9.15 Å². The Morgan fingerprint density at radius 3 is 2.60 bits per heavy atom. The molecule has 0 spiro atoms. The predicted molar refractivity (Wildman–Crippen MR) is 93.2 cm³/mol. The second-order valence-electron chi connectivity index (χ2n) is 5.71. The van der Waals surface area contributed by atoms with Crippen molar-refractivity contribution < 1.29 is 18.7 Å². The average molecular weight is 345 g/mol. The second kappa shape index (κ2) is 9.36. The van der Waals surface area contributed by atoms with Crippen LogP contribution in [0.3, 0.4) is 0 Å². The molecule has 0 fully saturated rings. The van der Waals surface area contributed by atoms with E-state index in [-0.39, 0.29) is 25.0 Å². The molecule has 1 unspecified atom stereocenters. The summed E-state index contributed by atoms with van der Waals surface area (Å²) in [5.74, 6) is 1.11. The Kier molecular flexibility index (Phi) is 6.88. The third-order valence-corrected chi connectivity index (χ3v) is 3.34. The van der Waals surface area contributed by atoms with Gasteiger partial charge in [0, 0.05) is 0 Å². The van der Waals surface area contributed by atoms with Gasteiger partial charge in [-0.15, -0.1) is 0 Å². The van der Waals surface area contributed by atoms with Crippen LogP contribution in [0.1, 0.15) is 18.2 Å². The van der Waals surface area contributed by atoms with Gasteiger partial charge in [0.15, 0.2) is 0 Å². The van der Waals surface area contributed by atoms with Crippen molar-refractivity contribution in [2.75, 3.05) is 13.2 Å². The lowest BCUT2D eigenvalue weighted by Gasteiger charge is -2.15. The standard InChI is InChI=1S/C18H23N3O4/c1-13-5-7-15(8-6-13)25-12-14(2)21-17(22)11-20-18(23)19-10-16-4-3-9-24-16/h3-9,14H,10-12H2,1-2H3,(H,21,22)(H2,19,20,23). The highest BCUT2D eigenvalue weighted by Crippen LogP contribution is 2.11. The lowest BCUT2D eigenvalue weighted by Crippen LogP contribution is -2.45. The molecule has 0 bridgehead atoms. The Morgan fingerprint density at radius 1 is 1.16 bits per heavy atom. The van der Waals surface area contributed by atoms with Crippen LogP contribution in [-0.2, 0) is 11.3 Å². The quantitative estimate of drug-likeness (QED) is 0.682. The molecule has 134 valence electrons. The Hall–Kier alpha value is -2.96. The SMILES string of the molecule is Cc1ccc(OCC(C)NC(=O)CNC(=O)NCc2ccco2)cc1. The Morgan fingerprint density at radius 2 is 1.92 bits per heavy atom. The second-order valence-corrected chi connectivity index (χ2v) is 5.71. The summed E-state index contributed by atoms with van der Waals surface area (Å²) in [7, 11) is 0. The molecule has 1 atom stereocenters. The van der Waals surface area contributed by atoms with Gasteiger partial charge in [-0.1, -0.05) is 17.7 Å². The number of aryl methyl sites for hydroxylation is 1. The smallest absolute Gasteiger partial charge is 0.315 e. The number of amides is 3. The minimum Gasteiger partial charge on any atom is -0.491 e. The largest absolute Gasteiger partial charge is 0.491 e. The van der Waals surface area contributed by atoms with Crippen molar-refractivity contribution in [3.05, 3.63) is 54.0 Å². The molecule has 0 aliphatic rings. The fourth-order valence-electron chi connectivity index (χ4n) is 2.03. The molecule has 0 radical (unpaired) electrons. The molecule has 0 aliphatic carbocycles. The van der Waals surface area contributed by atoms with Crippen molar-refractivity contribution in [2.24, 2.45) is 0 Å². The minimum atomic E-state index is -0.435. The molecule has 7 heteroatoms. The van der Waals surface area contributed by atoms with E-state index >= 15 is 0 Å². The summed E-state index contributed by atoms with van der Waals surface area (Å²) < 4.78 is 10.7. The molecule has 7 nitrogen and oxygen atoms in total. The molecule has 1 aromatic carbocycles. The Bertz CT molecular complexity index is 668. The number of nitrogens with one attached hydrogen (secondary N) is 3. The minimum absolute atomic E-state index is 0.112. The molecule has 1 heterocycles. The number of carbonyl (C=O) groups is 2. The van der Waals surface area contributed by atoms with Crippen molar-refractivity contribution in [1.82, 2.24) is 16.0 Å². The van der Waals surface area contributed by atoms with Crippen LogP contribution >= 0.6 is 0 Å². The van der Waals surface area contributed by atoms with E-state index in [0.29, 0.717) is 12.4 Å². The van der Waals surface area contributed by atoms with Crippen molar-refractivity contribution in [2.45, 2.75) is 26.4 Å². The summed E-state index contributed by atoms with van der Waals surface area (Å²) in [6.07, 6.45) is 1.53. The van der Waals surface area contributed by atoms with Crippen molar-refractivity contribution in [3.8, 4) is 5.75 Å². The lowest BCUT2D eigenvalue weighted by atomic mass is 10.2. The van der Waals surface area contributed by atoms with Gasteiger partial charge in [-0.25, -0.2) is 4.79 Å². The fourth-order valence-corrected chi connectivity index (χ4v) is 2.03. The monoisotopic (exact) mass is 345 g/mol. The number of benzene rings is 1. The van der Waals surface area contributed by atoms with E-state index in [9.17, 15) is 9.59 Å². The number of furan rings is 1. The Labute approximate surface area is 146 Å². The van der Waals surface area contributed by atoms with E-state index in [0.717, 1.165) is 11.3 Å². The third-order valence-electron chi connectivity index (χ3n) is 3.34. The zero-order valence-electron chi connectivity index (χ0n) is 14.4. The predicted octanol–water partition coefficient (Wildman–Crippen LogP) is 1.97. The maximum atomic E-state index is 11.8. The molecule has 0 saturated heterocycles. The molecular formula is C18H23N3O4.